The highest BCUT2D eigenvalue weighted by molar-refractivity contribution is 5.65. The third-order valence-corrected chi connectivity index (χ3v) is 13.4. The Morgan fingerprint density at radius 3 is 2.31 bits per heavy atom. The maximum absolute atomic E-state index is 11.7. The highest BCUT2D eigenvalue weighted by Gasteiger charge is 2.68. The molecule has 198 valence electrons. The van der Waals surface area contributed by atoms with Crippen molar-refractivity contribution >= 4 is 5.97 Å². The van der Waals surface area contributed by atoms with Crippen LogP contribution in [0.4, 0.5) is 0 Å². The van der Waals surface area contributed by atoms with Crippen LogP contribution in [0.15, 0.2) is 11.6 Å². The second-order valence-corrected chi connectivity index (χ2v) is 15.7. The molecule has 5 aliphatic carbocycles. The lowest BCUT2D eigenvalue weighted by molar-refractivity contribution is -0.218. The van der Waals surface area contributed by atoms with E-state index in [2.05, 4.69) is 54.5 Å². The molecule has 0 radical (unpaired) electrons. The fourth-order valence-electron chi connectivity index (χ4n) is 10.8. The topological polar surface area (TPSA) is 46.5 Å². The van der Waals surface area contributed by atoms with Crippen LogP contribution in [0.2, 0.25) is 0 Å². The fourth-order valence-corrected chi connectivity index (χ4v) is 10.8. The minimum Gasteiger partial charge on any atom is -0.465 e. The molecule has 0 heterocycles. The molecule has 4 saturated carbocycles. The van der Waals surface area contributed by atoms with Crippen molar-refractivity contribution in [1.29, 1.82) is 0 Å². The van der Waals surface area contributed by atoms with Crippen molar-refractivity contribution in [3.05, 3.63) is 11.6 Å². The van der Waals surface area contributed by atoms with Crippen LogP contribution in [0.25, 0.3) is 0 Å². The lowest BCUT2D eigenvalue weighted by Crippen LogP contribution is -2.65. The van der Waals surface area contributed by atoms with Crippen molar-refractivity contribution in [2.75, 3.05) is 6.61 Å². The number of aliphatic hydroxyl groups is 1. The molecule has 4 fully saturated rings. The van der Waals surface area contributed by atoms with Gasteiger partial charge in [0.15, 0.2) is 0 Å². The van der Waals surface area contributed by atoms with Crippen LogP contribution in [0, 0.1) is 50.2 Å². The Hall–Kier alpha value is -0.830. The number of fused-ring (bicyclic) bond motifs is 7. The van der Waals surface area contributed by atoms with Gasteiger partial charge >= 0.3 is 5.97 Å². The lowest BCUT2D eigenvalue weighted by atomic mass is 9.33. The van der Waals surface area contributed by atoms with Crippen molar-refractivity contribution in [1.82, 2.24) is 0 Å². The van der Waals surface area contributed by atoms with E-state index in [1.807, 2.05) is 5.57 Å². The molecule has 5 aliphatic rings. The van der Waals surface area contributed by atoms with Crippen molar-refractivity contribution in [2.24, 2.45) is 50.2 Å². The third kappa shape index (κ3) is 3.48. The zero-order valence-corrected chi connectivity index (χ0v) is 23.9. The van der Waals surface area contributed by atoms with Crippen LogP contribution in [0.3, 0.4) is 0 Å². The number of carbonyl (C=O) groups is 1. The van der Waals surface area contributed by atoms with E-state index in [1.165, 1.54) is 51.9 Å². The minimum atomic E-state index is -0.394. The molecular weight excluding hydrogens is 432 g/mol. The number of rotatable bonds is 2. The molecule has 3 heteroatoms. The van der Waals surface area contributed by atoms with Crippen LogP contribution in [-0.2, 0) is 9.53 Å². The Morgan fingerprint density at radius 1 is 0.943 bits per heavy atom. The Labute approximate surface area is 214 Å². The molecule has 0 aliphatic heterocycles. The van der Waals surface area contributed by atoms with Crippen molar-refractivity contribution in [2.45, 2.75) is 126 Å². The van der Waals surface area contributed by atoms with Crippen molar-refractivity contribution < 1.29 is 14.6 Å². The van der Waals surface area contributed by atoms with Gasteiger partial charge in [0.05, 0.1) is 12.7 Å². The first kappa shape index (κ1) is 25.8. The summed E-state index contributed by atoms with van der Waals surface area (Å²) in [4.78, 5) is 11.7. The molecule has 0 aromatic rings. The molecule has 3 nitrogen and oxygen atoms in total. The van der Waals surface area contributed by atoms with Gasteiger partial charge in [0.25, 0.3) is 0 Å². The first-order valence-corrected chi connectivity index (χ1v) is 14.6. The Bertz CT molecular complexity index is 920. The normalized spacial score (nSPS) is 52.8. The summed E-state index contributed by atoms with van der Waals surface area (Å²) >= 11 is 0. The number of esters is 1. The van der Waals surface area contributed by atoms with Crippen LogP contribution in [0.1, 0.15) is 120 Å². The Kier molecular flexibility index (Phi) is 5.78. The first-order valence-electron chi connectivity index (χ1n) is 14.6. The van der Waals surface area contributed by atoms with E-state index in [4.69, 9.17) is 4.74 Å². The highest BCUT2D eigenvalue weighted by atomic mass is 16.5. The zero-order valence-electron chi connectivity index (χ0n) is 23.9. The molecule has 1 N–H and O–H groups in total. The SMILES string of the molecule is CC(=O)OC[C@]1(C)[C@@H]2CC[C@]3(C)[C@H](CC=C4[C@H]5CC(C)(C)CC[C@]5(C)CC[C@]43C)[C@@]2(C)CC[C@@H]1O. The monoisotopic (exact) mass is 484 g/mol. The molecule has 5 rings (SSSR count). The van der Waals surface area contributed by atoms with E-state index in [1.54, 1.807) is 0 Å². The maximum Gasteiger partial charge on any atom is 0.302 e. The van der Waals surface area contributed by atoms with E-state index in [0.29, 0.717) is 29.3 Å². The molecule has 35 heavy (non-hydrogen) atoms. The quantitative estimate of drug-likeness (QED) is 0.322. The van der Waals surface area contributed by atoms with Gasteiger partial charge in [-0.15, -0.1) is 0 Å². The smallest absolute Gasteiger partial charge is 0.302 e. The van der Waals surface area contributed by atoms with Gasteiger partial charge in [-0.2, -0.15) is 0 Å². The first-order chi connectivity index (χ1) is 16.1. The maximum atomic E-state index is 11.7. The molecule has 0 amide bonds. The van der Waals surface area contributed by atoms with Crippen LogP contribution < -0.4 is 0 Å². The summed E-state index contributed by atoms with van der Waals surface area (Å²) in [5.41, 5.74) is 3.10. The molecule has 0 bridgehead atoms. The molecule has 9 atom stereocenters. The van der Waals surface area contributed by atoms with Crippen LogP contribution >= 0.6 is 0 Å². The minimum absolute atomic E-state index is 0.165. The summed E-state index contributed by atoms with van der Waals surface area (Å²) in [7, 11) is 0. The Balaban J connectivity index is 1.53. The third-order valence-electron chi connectivity index (χ3n) is 13.4. The summed E-state index contributed by atoms with van der Waals surface area (Å²) in [5.74, 6) is 1.50. The van der Waals surface area contributed by atoms with E-state index < -0.39 is 6.10 Å². The average Bonchev–Trinajstić information content (AvgIpc) is 2.77. The van der Waals surface area contributed by atoms with Crippen molar-refractivity contribution in [3.63, 3.8) is 0 Å². The Morgan fingerprint density at radius 2 is 1.63 bits per heavy atom. The van der Waals surface area contributed by atoms with Crippen molar-refractivity contribution in [3.8, 4) is 0 Å². The van der Waals surface area contributed by atoms with Gasteiger partial charge in [0, 0.05) is 12.3 Å². The second-order valence-electron chi connectivity index (χ2n) is 15.7. The summed E-state index contributed by atoms with van der Waals surface area (Å²) < 4.78 is 5.59. The van der Waals surface area contributed by atoms with E-state index in [0.717, 1.165) is 25.2 Å². The van der Waals surface area contributed by atoms with Gasteiger partial charge in [-0.05, 0) is 109 Å². The standard InChI is InChI=1S/C32H52O3/c1-21(33)35-20-30(6)24-11-14-32(8)25(29(24,5)13-12-26(30)34)10-9-22-23-19-27(2,3)15-16-28(23,4)17-18-31(22,32)7/h9,23-26,34H,10-20H2,1-8H3/t23-,24-,25-,26+,28-,29+,30-,31-,32-/m1/s1. The average molecular weight is 485 g/mol. The number of aliphatic hydroxyl groups excluding tert-OH is 1. The molecule has 0 saturated heterocycles. The second kappa shape index (κ2) is 7.84. The summed E-state index contributed by atoms with van der Waals surface area (Å²) in [6.07, 6.45) is 14.6. The zero-order chi connectivity index (χ0) is 25.7. The number of ether oxygens (including phenoxy) is 1. The van der Waals surface area contributed by atoms with Gasteiger partial charge in [0.1, 0.15) is 0 Å². The molecule has 0 unspecified atom stereocenters. The van der Waals surface area contributed by atoms with Gasteiger partial charge in [-0.3, -0.25) is 4.79 Å². The predicted molar refractivity (Wildman–Crippen MR) is 142 cm³/mol. The summed E-state index contributed by atoms with van der Waals surface area (Å²) in [6, 6.07) is 0. The molecule has 0 aromatic carbocycles. The van der Waals surface area contributed by atoms with Gasteiger partial charge in [-0.25, -0.2) is 0 Å². The van der Waals surface area contributed by atoms with Gasteiger partial charge in [0.2, 0.25) is 0 Å². The largest absolute Gasteiger partial charge is 0.465 e. The molecular formula is C32H52O3. The highest BCUT2D eigenvalue weighted by Crippen LogP contribution is 2.75. The molecule has 0 spiro atoms. The number of allylic oxidation sites excluding steroid dienone is 2. The number of hydrogen-bond donors (Lipinski definition) is 1. The summed E-state index contributed by atoms with van der Waals surface area (Å²) in [5, 5.41) is 11.2. The molecule has 0 aromatic heterocycles. The van der Waals surface area contributed by atoms with E-state index >= 15 is 0 Å². The van der Waals surface area contributed by atoms with Crippen LogP contribution in [0.5, 0.6) is 0 Å². The van der Waals surface area contributed by atoms with E-state index in [9.17, 15) is 9.90 Å². The van der Waals surface area contributed by atoms with Crippen LogP contribution in [-0.4, -0.2) is 23.8 Å². The van der Waals surface area contributed by atoms with Gasteiger partial charge in [-0.1, -0.05) is 60.1 Å². The van der Waals surface area contributed by atoms with E-state index in [-0.39, 0.29) is 27.6 Å². The fraction of sp³-hybridized carbons (Fsp3) is 0.906. The predicted octanol–water partition coefficient (Wildman–Crippen LogP) is 7.71. The summed E-state index contributed by atoms with van der Waals surface area (Å²) in [6.45, 7) is 19.5. The number of carbonyl (C=O) groups excluding carboxylic acids is 1. The van der Waals surface area contributed by atoms with Gasteiger partial charge < -0.3 is 9.84 Å². The number of hydrogen-bond acceptors (Lipinski definition) is 3. The lowest BCUT2D eigenvalue weighted by Gasteiger charge is -2.71.